The molecule has 2 heterocycles. The average molecular weight is 432 g/mol. The van der Waals surface area contributed by atoms with Crippen LogP contribution in [-0.2, 0) is 14.8 Å². The predicted octanol–water partition coefficient (Wildman–Crippen LogP) is 2.43. The predicted molar refractivity (Wildman–Crippen MR) is 99.6 cm³/mol. The Kier molecular flexibility index (Phi) is 6.33. The number of nitrogens with zero attached hydrogens (tertiary/aromatic N) is 1. The van der Waals surface area contributed by atoms with E-state index in [1.165, 1.54) is 18.4 Å². The summed E-state index contributed by atoms with van der Waals surface area (Å²) in [5.74, 6) is -1.77. The molecule has 152 valence electrons. The Morgan fingerprint density at radius 1 is 1.36 bits per heavy atom. The second kappa shape index (κ2) is 8.56. The standard InChI is InChI=1S/C17H19ClFN3O5S/c1-10-20-15(8-27-10)12-6-13(16(19)14(18)7-12)17(23)21-22-28(24,25)9-11-2-4-26-5-3-11/h6-8,11,22H,2-5,9H2,1H3,(H,21,23). The molecule has 0 saturated carbocycles. The van der Waals surface area contributed by atoms with Crippen LogP contribution in [0.4, 0.5) is 4.39 Å². The maximum absolute atomic E-state index is 14.3. The molecule has 0 radical (unpaired) electrons. The Morgan fingerprint density at radius 3 is 2.71 bits per heavy atom. The van der Waals surface area contributed by atoms with E-state index in [1.54, 1.807) is 6.92 Å². The summed E-state index contributed by atoms with van der Waals surface area (Å²) in [5.41, 5.74) is 2.34. The molecule has 0 unspecified atom stereocenters. The van der Waals surface area contributed by atoms with E-state index in [1.807, 2.05) is 10.3 Å². The van der Waals surface area contributed by atoms with Crippen LogP contribution in [0.3, 0.4) is 0 Å². The second-order valence-corrected chi connectivity index (χ2v) is 8.64. The number of hydrogen-bond donors (Lipinski definition) is 2. The van der Waals surface area contributed by atoms with E-state index in [0.717, 1.165) is 0 Å². The van der Waals surface area contributed by atoms with Gasteiger partial charge in [0.1, 0.15) is 12.0 Å². The number of nitrogens with one attached hydrogen (secondary N) is 2. The van der Waals surface area contributed by atoms with Crippen molar-refractivity contribution in [3.05, 3.63) is 40.7 Å². The number of oxazole rings is 1. The first-order valence-electron chi connectivity index (χ1n) is 8.54. The van der Waals surface area contributed by atoms with Gasteiger partial charge in [-0.2, -0.15) is 0 Å². The summed E-state index contributed by atoms with van der Waals surface area (Å²) >= 11 is 5.87. The number of aromatic nitrogens is 1. The molecule has 1 aromatic carbocycles. The summed E-state index contributed by atoms with van der Waals surface area (Å²) in [6.07, 6.45) is 2.59. The molecule has 0 bridgehead atoms. The zero-order valence-electron chi connectivity index (χ0n) is 15.0. The monoisotopic (exact) mass is 431 g/mol. The first-order chi connectivity index (χ1) is 13.2. The largest absolute Gasteiger partial charge is 0.449 e. The third-order valence-electron chi connectivity index (χ3n) is 4.30. The van der Waals surface area contributed by atoms with Crippen molar-refractivity contribution in [1.82, 2.24) is 15.2 Å². The molecule has 28 heavy (non-hydrogen) atoms. The van der Waals surface area contributed by atoms with Gasteiger partial charge < -0.3 is 9.15 Å². The molecule has 1 saturated heterocycles. The highest BCUT2D eigenvalue weighted by Gasteiger charge is 2.23. The molecule has 8 nitrogen and oxygen atoms in total. The van der Waals surface area contributed by atoms with Crippen LogP contribution >= 0.6 is 11.6 Å². The SMILES string of the molecule is Cc1nc(-c2cc(Cl)c(F)c(C(=O)NNS(=O)(=O)CC3CCOCC3)c2)co1. The minimum absolute atomic E-state index is 0.0620. The number of hydrogen-bond acceptors (Lipinski definition) is 6. The van der Waals surface area contributed by atoms with E-state index in [0.29, 0.717) is 43.2 Å². The van der Waals surface area contributed by atoms with E-state index in [4.69, 9.17) is 20.8 Å². The Bertz CT molecular complexity index is 973. The Labute approximate surface area is 166 Å². The third-order valence-corrected chi connectivity index (χ3v) is 5.90. The number of hydrazine groups is 1. The Morgan fingerprint density at radius 2 is 2.07 bits per heavy atom. The summed E-state index contributed by atoms with van der Waals surface area (Å²) < 4.78 is 49.0. The zero-order valence-corrected chi connectivity index (χ0v) is 16.6. The maximum Gasteiger partial charge on any atom is 0.269 e. The lowest BCUT2D eigenvalue weighted by Gasteiger charge is -2.21. The van der Waals surface area contributed by atoms with Gasteiger partial charge in [-0.3, -0.25) is 10.2 Å². The molecular weight excluding hydrogens is 413 g/mol. The number of ether oxygens (including phenoxy) is 1. The van der Waals surface area contributed by atoms with Crippen LogP contribution in [0.1, 0.15) is 29.1 Å². The summed E-state index contributed by atoms with van der Waals surface area (Å²) in [5, 5.41) is -0.298. The van der Waals surface area contributed by atoms with E-state index < -0.39 is 27.3 Å². The molecule has 0 aliphatic carbocycles. The van der Waals surface area contributed by atoms with Gasteiger partial charge in [-0.25, -0.2) is 17.8 Å². The molecular formula is C17H19ClFN3O5S. The molecule has 11 heteroatoms. The average Bonchev–Trinajstić information content (AvgIpc) is 3.09. The van der Waals surface area contributed by atoms with Crippen molar-refractivity contribution in [2.75, 3.05) is 19.0 Å². The topological polar surface area (TPSA) is 111 Å². The van der Waals surface area contributed by atoms with Crippen LogP contribution in [0.15, 0.2) is 22.8 Å². The number of benzene rings is 1. The van der Waals surface area contributed by atoms with Crippen LogP contribution in [0, 0.1) is 18.7 Å². The Hall–Kier alpha value is -2.01. The fraction of sp³-hybridized carbons (Fsp3) is 0.412. The van der Waals surface area contributed by atoms with Crippen molar-refractivity contribution >= 4 is 27.5 Å². The second-order valence-electron chi connectivity index (χ2n) is 6.46. The van der Waals surface area contributed by atoms with Gasteiger partial charge in [0.25, 0.3) is 5.91 Å². The number of aryl methyl sites for hydroxylation is 1. The summed E-state index contributed by atoms with van der Waals surface area (Å²) in [4.78, 5) is 18.4. The number of halogens is 2. The van der Waals surface area contributed by atoms with Gasteiger partial charge in [-0.1, -0.05) is 11.6 Å². The van der Waals surface area contributed by atoms with Crippen LogP contribution in [0.25, 0.3) is 11.3 Å². The van der Waals surface area contributed by atoms with Gasteiger partial charge in [-0.15, -0.1) is 4.83 Å². The third kappa shape index (κ3) is 5.07. The fourth-order valence-electron chi connectivity index (χ4n) is 2.85. The van der Waals surface area contributed by atoms with E-state index in [9.17, 15) is 17.6 Å². The van der Waals surface area contributed by atoms with Gasteiger partial charge in [0.2, 0.25) is 10.0 Å². The minimum atomic E-state index is -3.79. The summed E-state index contributed by atoms with van der Waals surface area (Å²) in [6, 6.07) is 2.53. The van der Waals surface area contributed by atoms with E-state index >= 15 is 0 Å². The van der Waals surface area contributed by atoms with E-state index in [2.05, 4.69) is 4.98 Å². The minimum Gasteiger partial charge on any atom is -0.449 e. The molecule has 2 N–H and O–H groups in total. The molecule has 1 fully saturated rings. The molecule has 1 aromatic heterocycles. The van der Waals surface area contributed by atoms with Gasteiger partial charge in [0, 0.05) is 25.7 Å². The molecule has 1 amide bonds. The highest BCUT2D eigenvalue weighted by Crippen LogP contribution is 2.27. The maximum atomic E-state index is 14.3. The lowest BCUT2D eigenvalue weighted by molar-refractivity contribution is 0.0722. The molecule has 3 rings (SSSR count). The van der Waals surface area contributed by atoms with E-state index in [-0.39, 0.29) is 16.7 Å². The van der Waals surface area contributed by atoms with Crippen molar-refractivity contribution in [2.45, 2.75) is 19.8 Å². The smallest absolute Gasteiger partial charge is 0.269 e. The van der Waals surface area contributed by atoms with Gasteiger partial charge in [0.15, 0.2) is 11.7 Å². The lowest BCUT2D eigenvalue weighted by atomic mass is 10.0. The van der Waals surface area contributed by atoms with Crippen molar-refractivity contribution in [3.8, 4) is 11.3 Å². The van der Waals surface area contributed by atoms with Gasteiger partial charge in [-0.05, 0) is 30.9 Å². The number of sulfonamides is 1. The number of carbonyl (C=O) groups is 1. The highest BCUT2D eigenvalue weighted by atomic mass is 35.5. The van der Waals surface area contributed by atoms with Crippen molar-refractivity contribution < 1.29 is 26.8 Å². The normalized spacial score (nSPS) is 15.5. The molecule has 1 aliphatic rings. The summed E-state index contributed by atoms with van der Waals surface area (Å²) in [7, 11) is -3.79. The number of carbonyl (C=O) groups excluding carboxylic acids is 1. The molecule has 0 spiro atoms. The molecule has 0 atom stereocenters. The van der Waals surface area contributed by atoms with Crippen LogP contribution in [0.2, 0.25) is 5.02 Å². The van der Waals surface area contributed by atoms with Crippen LogP contribution in [0.5, 0.6) is 0 Å². The number of amides is 1. The van der Waals surface area contributed by atoms with Crippen LogP contribution in [-0.4, -0.2) is 38.3 Å². The van der Waals surface area contributed by atoms with Gasteiger partial charge in [0.05, 0.1) is 16.3 Å². The van der Waals surface area contributed by atoms with Crippen molar-refractivity contribution in [1.29, 1.82) is 0 Å². The van der Waals surface area contributed by atoms with Crippen LogP contribution < -0.4 is 10.3 Å². The molecule has 2 aromatic rings. The summed E-state index contributed by atoms with van der Waals surface area (Å²) in [6.45, 7) is 2.64. The van der Waals surface area contributed by atoms with Gasteiger partial charge >= 0.3 is 0 Å². The first-order valence-corrected chi connectivity index (χ1v) is 10.6. The lowest BCUT2D eigenvalue weighted by Crippen LogP contribution is -2.44. The fourth-order valence-corrected chi connectivity index (χ4v) is 4.36. The number of rotatable bonds is 6. The zero-order chi connectivity index (χ0) is 20.3. The van der Waals surface area contributed by atoms with Crippen molar-refractivity contribution in [2.24, 2.45) is 5.92 Å². The Balaban J connectivity index is 1.72. The quantitative estimate of drug-likeness (QED) is 0.679. The van der Waals surface area contributed by atoms with Crippen molar-refractivity contribution in [3.63, 3.8) is 0 Å². The molecule has 1 aliphatic heterocycles. The highest BCUT2D eigenvalue weighted by molar-refractivity contribution is 7.89. The first kappa shape index (κ1) is 20.7.